The van der Waals surface area contributed by atoms with E-state index in [4.69, 9.17) is 5.11 Å². The molecule has 2 rings (SSSR count). The Kier molecular flexibility index (Phi) is 1.85. The molecule has 0 atom stereocenters. The van der Waals surface area contributed by atoms with Crippen LogP contribution in [0.1, 0.15) is 16.1 Å². The zero-order chi connectivity index (χ0) is 10.3. The van der Waals surface area contributed by atoms with Crippen LogP contribution in [0.5, 0.6) is 0 Å². The van der Waals surface area contributed by atoms with Gasteiger partial charge in [0.15, 0.2) is 0 Å². The minimum Gasteiger partial charge on any atom is -0.477 e. The highest BCUT2D eigenvalue weighted by atomic mass is 32.1. The van der Waals surface area contributed by atoms with Crippen LogP contribution in [0.25, 0.3) is 10.2 Å². The number of nitrogens with zero attached hydrogens (tertiary/aromatic N) is 1. The lowest BCUT2D eigenvalue weighted by Gasteiger charge is -1.93. The van der Waals surface area contributed by atoms with Crippen molar-refractivity contribution >= 4 is 27.7 Å². The minimum absolute atomic E-state index is 0.249. The number of pyridine rings is 1. The molecule has 0 spiro atoms. The van der Waals surface area contributed by atoms with E-state index in [9.17, 15) is 9.59 Å². The summed E-state index contributed by atoms with van der Waals surface area (Å²) in [4.78, 5) is 25.6. The number of H-pyrrole nitrogens is 1. The highest BCUT2D eigenvalue weighted by molar-refractivity contribution is 7.12. The van der Waals surface area contributed by atoms with Crippen LogP contribution in [0.4, 0.5) is 0 Å². The summed E-state index contributed by atoms with van der Waals surface area (Å²) in [5, 5.41) is 9.09. The first kappa shape index (κ1) is 8.89. The fourth-order valence-electron chi connectivity index (χ4n) is 1.23. The van der Waals surface area contributed by atoms with Crippen molar-refractivity contribution in [2.75, 3.05) is 0 Å². The molecule has 6 heteroatoms. The Bertz CT molecular complexity index is 569. The van der Waals surface area contributed by atoms with Crippen molar-refractivity contribution < 1.29 is 9.90 Å². The molecule has 0 saturated carbocycles. The lowest BCUT2D eigenvalue weighted by molar-refractivity contribution is 0.0695. The van der Waals surface area contributed by atoms with Crippen molar-refractivity contribution in [1.29, 1.82) is 0 Å². The number of carbonyl (C=O) groups is 1. The molecule has 0 aliphatic heterocycles. The van der Waals surface area contributed by atoms with Crippen LogP contribution in [-0.2, 0) is 0 Å². The van der Waals surface area contributed by atoms with E-state index in [2.05, 4.69) is 9.36 Å². The van der Waals surface area contributed by atoms with E-state index < -0.39 is 11.4 Å². The van der Waals surface area contributed by atoms with Gasteiger partial charge in [-0.1, -0.05) is 0 Å². The summed E-state index contributed by atoms with van der Waals surface area (Å²) in [7, 11) is 0. The van der Waals surface area contributed by atoms with Gasteiger partial charge in [-0.2, -0.15) is 4.37 Å². The molecular formula is C8H6N2O3S. The second-order valence-corrected chi connectivity index (χ2v) is 3.58. The van der Waals surface area contributed by atoms with Crippen LogP contribution < -0.4 is 5.43 Å². The Morgan fingerprint density at radius 2 is 2.36 bits per heavy atom. The molecule has 0 fully saturated rings. The molecule has 2 N–H and O–H groups in total. The second-order valence-electron chi connectivity index (χ2n) is 2.81. The smallest absolute Gasteiger partial charge is 0.341 e. The van der Waals surface area contributed by atoms with Gasteiger partial charge in [-0.25, -0.2) is 4.79 Å². The Morgan fingerprint density at radius 1 is 1.64 bits per heavy atom. The van der Waals surface area contributed by atoms with E-state index in [-0.39, 0.29) is 5.56 Å². The number of aromatic nitrogens is 2. The van der Waals surface area contributed by atoms with Crippen LogP contribution in [0, 0.1) is 6.92 Å². The summed E-state index contributed by atoms with van der Waals surface area (Å²) >= 11 is 1.15. The van der Waals surface area contributed by atoms with Crippen molar-refractivity contribution in [2.24, 2.45) is 0 Å². The molecule has 0 aromatic carbocycles. The molecule has 0 aliphatic rings. The van der Waals surface area contributed by atoms with E-state index in [1.807, 2.05) is 0 Å². The number of rotatable bonds is 1. The fourth-order valence-corrected chi connectivity index (χ4v) is 2.00. The highest BCUT2D eigenvalue weighted by Crippen LogP contribution is 2.16. The fraction of sp³-hybridized carbons (Fsp3) is 0.125. The van der Waals surface area contributed by atoms with Gasteiger partial charge in [0.05, 0.1) is 11.1 Å². The van der Waals surface area contributed by atoms with E-state index in [1.165, 1.54) is 6.20 Å². The first-order chi connectivity index (χ1) is 6.61. The third-order valence-electron chi connectivity index (χ3n) is 1.91. The van der Waals surface area contributed by atoms with Crippen molar-refractivity contribution in [2.45, 2.75) is 6.92 Å². The number of carboxylic acid groups (broad SMARTS) is 1. The van der Waals surface area contributed by atoms with Crippen molar-refractivity contribution in [3.8, 4) is 0 Å². The molecule has 0 saturated heterocycles. The maximum absolute atomic E-state index is 11.6. The summed E-state index contributed by atoms with van der Waals surface area (Å²) in [5.41, 5.74) is -0.160. The number of nitrogens with one attached hydrogen (secondary N) is 1. The van der Waals surface area contributed by atoms with Crippen molar-refractivity contribution in [1.82, 2.24) is 9.36 Å². The molecule has 72 valence electrons. The Labute approximate surface area is 82.2 Å². The summed E-state index contributed by atoms with van der Waals surface area (Å²) in [6.07, 6.45) is 1.20. The molecule has 2 aromatic heterocycles. The normalized spacial score (nSPS) is 10.6. The van der Waals surface area contributed by atoms with Gasteiger partial charge >= 0.3 is 5.97 Å². The van der Waals surface area contributed by atoms with Crippen molar-refractivity contribution in [3.63, 3.8) is 0 Å². The Hall–Kier alpha value is -1.69. The quantitative estimate of drug-likeness (QED) is 0.735. The zero-order valence-electron chi connectivity index (χ0n) is 7.20. The number of aryl methyl sites for hydroxylation is 1. The predicted molar refractivity (Wildman–Crippen MR) is 51.9 cm³/mol. The van der Waals surface area contributed by atoms with Gasteiger partial charge in [-0.15, -0.1) is 0 Å². The standard InChI is InChI=1S/C8H6N2O3S/c1-3-5-6(11)4(8(12)13)2-9-7(5)14-10-3/h2H,1H3,(H,9,11)(H,12,13). The summed E-state index contributed by atoms with van der Waals surface area (Å²) in [6.45, 7) is 1.68. The molecule has 2 heterocycles. The van der Waals surface area contributed by atoms with Crippen LogP contribution >= 0.6 is 11.5 Å². The van der Waals surface area contributed by atoms with Crippen molar-refractivity contribution in [3.05, 3.63) is 27.7 Å². The van der Waals surface area contributed by atoms with Crippen LogP contribution in [0.2, 0.25) is 0 Å². The molecule has 0 aliphatic carbocycles. The molecule has 2 aromatic rings. The number of hydrogen-bond acceptors (Lipinski definition) is 4. The summed E-state index contributed by atoms with van der Waals surface area (Å²) in [5.74, 6) is -1.22. The average molecular weight is 210 g/mol. The maximum atomic E-state index is 11.6. The topological polar surface area (TPSA) is 83.1 Å². The number of aromatic amines is 1. The van der Waals surface area contributed by atoms with Gasteiger partial charge in [-0.3, -0.25) is 4.79 Å². The monoisotopic (exact) mass is 210 g/mol. The largest absolute Gasteiger partial charge is 0.477 e. The van der Waals surface area contributed by atoms with Gasteiger partial charge in [0, 0.05) is 6.20 Å². The number of hydrogen-bond donors (Lipinski definition) is 2. The van der Waals surface area contributed by atoms with Gasteiger partial charge in [-0.05, 0) is 18.5 Å². The van der Waals surface area contributed by atoms with Crippen LogP contribution in [0.15, 0.2) is 11.0 Å². The third kappa shape index (κ3) is 1.12. The predicted octanol–water partition coefficient (Wildman–Crippen LogP) is 0.991. The first-order valence-corrected chi connectivity index (χ1v) is 4.59. The zero-order valence-corrected chi connectivity index (χ0v) is 8.01. The second kappa shape index (κ2) is 2.91. The Balaban J connectivity index is 2.93. The SMILES string of the molecule is Cc1nsc2[nH]cc(C(=O)O)c(=O)c12. The van der Waals surface area contributed by atoms with E-state index in [0.717, 1.165) is 11.5 Å². The van der Waals surface area contributed by atoms with Gasteiger partial charge < -0.3 is 10.1 Å². The summed E-state index contributed by atoms with van der Waals surface area (Å²) < 4.78 is 3.97. The molecule has 5 nitrogen and oxygen atoms in total. The lowest BCUT2D eigenvalue weighted by atomic mass is 10.2. The van der Waals surface area contributed by atoms with Crippen LogP contribution in [0.3, 0.4) is 0 Å². The number of aromatic carboxylic acids is 1. The van der Waals surface area contributed by atoms with Gasteiger partial charge in [0.2, 0.25) is 5.43 Å². The molecule has 0 amide bonds. The van der Waals surface area contributed by atoms with E-state index in [0.29, 0.717) is 15.9 Å². The molecule has 0 bridgehead atoms. The van der Waals surface area contributed by atoms with E-state index >= 15 is 0 Å². The first-order valence-electron chi connectivity index (χ1n) is 3.82. The molecule has 14 heavy (non-hydrogen) atoms. The summed E-state index contributed by atoms with van der Waals surface area (Å²) in [6, 6.07) is 0. The maximum Gasteiger partial charge on any atom is 0.341 e. The number of fused-ring (bicyclic) bond motifs is 1. The van der Waals surface area contributed by atoms with Gasteiger partial charge in [0.1, 0.15) is 10.4 Å². The average Bonchev–Trinajstić information content (AvgIpc) is 2.48. The number of carboxylic acids is 1. The third-order valence-corrected chi connectivity index (χ3v) is 2.78. The Morgan fingerprint density at radius 3 is 3.00 bits per heavy atom. The lowest BCUT2D eigenvalue weighted by Crippen LogP contribution is -2.15. The highest BCUT2D eigenvalue weighted by Gasteiger charge is 2.14. The minimum atomic E-state index is -1.22. The van der Waals surface area contributed by atoms with Gasteiger partial charge in [0.25, 0.3) is 0 Å². The molecule has 0 radical (unpaired) electrons. The molecule has 0 unspecified atom stereocenters. The van der Waals surface area contributed by atoms with E-state index in [1.54, 1.807) is 6.92 Å². The van der Waals surface area contributed by atoms with Crippen LogP contribution in [-0.4, -0.2) is 20.4 Å². The molecular weight excluding hydrogens is 204 g/mol.